The number of amides is 2. The number of anilines is 1. The van der Waals surface area contributed by atoms with Gasteiger partial charge in [0.2, 0.25) is 5.91 Å². The van der Waals surface area contributed by atoms with Crippen molar-refractivity contribution in [2.45, 2.75) is 19.6 Å². The second-order valence-electron chi connectivity index (χ2n) is 5.58. The lowest BCUT2D eigenvalue weighted by Crippen LogP contribution is -2.21. The number of aromatic nitrogens is 3. The third kappa shape index (κ3) is 3.95. The van der Waals surface area contributed by atoms with Crippen molar-refractivity contribution in [3.05, 3.63) is 39.1 Å². The lowest BCUT2D eigenvalue weighted by atomic mass is 10.1. The van der Waals surface area contributed by atoms with Crippen molar-refractivity contribution < 1.29 is 22.8 Å². The molecule has 0 aromatic carbocycles. The summed E-state index contributed by atoms with van der Waals surface area (Å²) in [6.07, 6.45) is -1.57. The number of aryl methyl sites for hydroxylation is 1. The molecule has 0 fully saturated rings. The molecule has 3 aromatic rings. The predicted octanol–water partition coefficient (Wildman–Crippen LogP) is 3.32. The number of rotatable bonds is 4. The van der Waals surface area contributed by atoms with Crippen LogP contribution < -0.4 is 11.1 Å². The van der Waals surface area contributed by atoms with Crippen molar-refractivity contribution in [3.63, 3.8) is 0 Å². The third-order valence-electron chi connectivity index (χ3n) is 3.55. The van der Waals surface area contributed by atoms with E-state index < -0.39 is 23.7 Å². The minimum Gasteiger partial charge on any atom is -0.365 e. The van der Waals surface area contributed by atoms with E-state index in [4.69, 9.17) is 5.73 Å². The second kappa shape index (κ2) is 6.93. The number of fused-ring (bicyclic) bond motifs is 1. The molecule has 7 nitrogen and oxygen atoms in total. The molecule has 142 valence electrons. The fourth-order valence-electron chi connectivity index (χ4n) is 2.47. The number of thiophene rings is 1. The van der Waals surface area contributed by atoms with Gasteiger partial charge in [0.05, 0.1) is 16.4 Å². The van der Waals surface area contributed by atoms with Crippen LogP contribution in [0.25, 0.3) is 10.2 Å². The second-order valence-corrected chi connectivity index (χ2v) is 7.49. The molecular weight excluding hydrogens is 451 g/mol. The summed E-state index contributed by atoms with van der Waals surface area (Å²) in [7, 11) is 0. The van der Waals surface area contributed by atoms with Gasteiger partial charge in [-0.1, -0.05) is 0 Å². The van der Waals surface area contributed by atoms with Crippen molar-refractivity contribution in [1.29, 1.82) is 0 Å². The zero-order chi connectivity index (χ0) is 19.9. The summed E-state index contributed by atoms with van der Waals surface area (Å²) in [5.74, 6) is -1.39. The number of hydrogen-bond donors (Lipinski definition) is 2. The van der Waals surface area contributed by atoms with E-state index in [9.17, 15) is 22.8 Å². The summed E-state index contributed by atoms with van der Waals surface area (Å²) in [4.78, 5) is 27.5. The maximum atomic E-state index is 13.0. The molecule has 2 amide bonds. The number of nitrogens with two attached hydrogens (primary N) is 1. The SMILES string of the molecule is Cc1cc(C(F)(F)F)nc2sc(C(N)=O)c(NC(=O)Cn3cc(Br)cn3)c12. The molecule has 3 rings (SSSR count). The lowest BCUT2D eigenvalue weighted by Gasteiger charge is -2.10. The molecule has 27 heavy (non-hydrogen) atoms. The Morgan fingerprint density at radius 2 is 2.11 bits per heavy atom. The minimum absolute atomic E-state index is 0.0340. The zero-order valence-electron chi connectivity index (χ0n) is 13.6. The van der Waals surface area contributed by atoms with Gasteiger partial charge in [0.25, 0.3) is 5.91 Å². The highest BCUT2D eigenvalue weighted by atomic mass is 79.9. The summed E-state index contributed by atoms with van der Waals surface area (Å²) < 4.78 is 41.0. The van der Waals surface area contributed by atoms with Gasteiger partial charge in [-0.2, -0.15) is 18.3 Å². The summed E-state index contributed by atoms with van der Waals surface area (Å²) in [5, 5.41) is 6.74. The smallest absolute Gasteiger partial charge is 0.365 e. The fraction of sp³-hybridized carbons (Fsp3) is 0.200. The van der Waals surface area contributed by atoms with Crippen LogP contribution in [0.1, 0.15) is 20.9 Å². The summed E-state index contributed by atoms with van der Waals surface area (Å²) >= 11 is 3.90. The summed E-state index contributed by atoms with van der Waals surface area (Å²) in [6, 6.07) is 0.861. The van der Waals surface area contributed by atoms with Crippen LogP contribution in [-0.2, 0) is 17.5 Å². The van der Waals surface area contributed by atoms with E-state index in [0.29, 0.717) is 15.8 Å². The highest BCUT2D eigenvalue weighted by Crippen LogP contribution is 2.39. The van der Waals surface area contributed by atoms with E-state index in [2.05, 4.69) is 31.3 Å². The molecule has 3 N–H and O–H groups in total. The summed E-state index contributed by atoms with van der Waals surface area (Å²) in [5.41, 5.74) is 4.52. The molecule has 0 saturated carbocycles. The first kappa shape index (κ1) is 19.3. The van der Waals surface area contributed by atoms with Gasteiger partial charge in [0.15, 0.2) is 0 Å². The van der Waals surface area contributed by atoms with Gasteiger partial charge >= 0.3 is 6.18 Å². The summed E-state index contributed by atoms with van der Waals surface area (Å²) in [6.45, 7) is 1.28. The van der Waals surface area contributed by atoms with Crippen molar-refractivity contribution in [3.8, 4) is 0 Å². The molecule has 0 bridgehead atoms. The highest BCUT2D eigenvalue weighted by Gasteiger charge is 2.34. The topological polar surface area (TPSA) is 103 Å². The van der Waals surface area contributed by atoms with Crippen LogP contribution in [0.5, 0.6) is 0 Å². The number of alkyl halides is 3. The van der Waals surface area contributed by atoms with Crippen LogP contribution in [0.4, 0.5) is 18.9 Å². The molecule has 0 aliphatic carbocycles. The van der Waals surface area contributed by atoms with Crippen LogP contribution >= 0.6 is 27.3 Å². The van der Waals surface area contributed by atoms with Crippen LogP contribution in [0.15, 0.2) is 22.9 Å². The first-order valence-corrected chi connectivity index (χ1v) is 8.96. The molecule has 0 radical (unpaired) electrons. The molecule has 3 aromatic heterocycles. The average Bonchev–Trinajstić information content (AvgIpc) is 3.10. The van der Waals surface area contributed by atoms with Crippen molar-refractivity contribution in [2.24, 2.45) is 5.73 Å². The highest BCUT2D eigenvalue weighted by molar-refractivity contribution is 9.10. The lowest BCUT2D eigenvalue weighted by molar-refractivity contribution is -0.141. The molecule has 0 unspecified atom stereocenters. The van der Waals surface area contributed by atoms with Gasteiger partial charge in [-0.05, 0) is 34.5 Å². The molecular formula is C15H11BrF3N5O2S. The van der Waals surface area contributed by atoms with Crippen LogP contribution in [0.3, 0.4) is 0 Å². The number of hydrogen-bond acceptors (Lipinski definition) is 5. The van der Waals surface area contributed by atoms with Crippen molar-refractivity contribution in [1.82, 2.24) is 14.8 Å². The minimum atomic E-state index is -4.63. The van der Waals surface area contributed by atoms with Gasteiger partial charge in [-0.15, -0.1) is 11.3 Å². The third-order valence-corrected chi connectivity index (χ3v) is 5.05. The van der Waals surface area contributed by atoms with Gasteiger partial charge in [-0.3, -0.25) is 14.3 Å². The predicted molar refractivity (Wildman–Crippen MR) is 96.4 cm³/mol. The Hall–Kier alpha value is -2.47. The number of nitrogens with one attached hydrogen (secondary N) is 1. The van der Waals surface area contributed by atoms with E-state index >= 15 is 0 Å². The Bertz CT molecular complexity index is 1060. The maximum absolute atomic E-state index is 13.0. The standard InChI is InChI=1S/C15H11BrF3N5O2S/c1-6-2-8(15(17,18)19)22-14-10(6)11(12(27-14)13(20)26)23-9(25)5-24-4-7(16)3-21-24/h2-4H,5H2,1H3,(H2,20,26)(H,23,25). The monoisotopic (exact) mass is 461 g/mol. The molecule has 3 heterocycles. The Balaban J connectivity index is 2.03. The maximum Gasteiger partial charge on any atom is 0.433 e. The van der Waals surface area contributed by atoms with Crippen molar-refractivity contribution >= 4 is 55.0 Å². The number of primary amides is 1. The van der Waals surface area contributed by atoms with Crippen molar-refractivity contribution in [2.75, 3.05) is 5.32 Å². The van der Waals surface area contributed by atoms with Crippen LogP contribution in [0, 0.1) is 6.92 Å². The van der Waals surface area contributed by atoms with Crippen LogP contribution in [0.2, 0.25) is 0 Å². The van der Waals surface area contributed by atoms with Crippen LogP contribution in [-0.4, -0.2) is 26.6 Å². The van der Waals surface area contributed by atoms with Gasteiger partial charge in [0.1, 0.15) is 21.9 Å². The van der Waals surface area contributed by atoms with E-state index in [1.54, 1.807) is 6.20 Å². The largest absolute Gasteiger partial charge is 0.433 e. The molecule has 0 aliphatic rings. The van der Waals surface area contributed by atoms with E-state index in [1.165, 1.54) is 17.8 Å². The normalized spacial score (nSPS) is 11.7. The molecule has 0 aliphatic heterocycles. The molecule has 0 saturated heterocycles. The van der Waals surface area contributed by atoms with E-state index in [1.807, 2.05) is 0 Å². The quantitative estimate of drug-likeness (QED) is 0.621. The zero-order valence-corrected chi connectivity index (χ0v) is 16.0. The van der Waals surface area contributed by atoms with Gasteiger partial charge < -0.3 is 11.1 Å². The number of carbonyl (C=O) groups is 2. The fourth-order valence-corrected chi connectivity index (χ4v) is 3.86. The number of nitrogens with zero attached hydrogens (tertiary/aromatic N) is 3. The molecule has 12 heteroatoms. The Labute approximate surface area is 162 Å². The van der Waals surface area contributed by atoms with E-state index in [0.717, 1.165) is 6.07 Å². The van der Waals surface area contributed by atoms with Gasteiger partial charge in [0, 0.05) is 11.6 Å². The Morgan fingerprint density at radius 3 is 2.67 bits per heavy atom. The Morgan fingerprint density at radius 1 is 1.41 bits per heavy atom. The number of halogens is 4. The first-order chi connectivity index (χ1) is 12.6. The first-order valence-electron chi connectivity index (χ1n) is 7.35. The molecule has 0 atom stereocenters. The Kier molecular flexibility index (Phi) is 4.95. The molecule has 0 spiro atoms. The number of pyridine rings is 1. The number of carbonyl (C=O) groups excluding carboxylic acids is 2. The van der Waals surface area contributed by atoms with E-state index in [-0.39, 0.29) is 32.9 Å². The average molecular weight is 462 g/mol. The van der Waals surface area contributed by atoms with Gasteiger partial charge in [-0.25, -0.2) is 4.98 Å².